The molecule has 18 heavy (non-hydrogen) atoms. The first-order chi connectivity index (χ1) is 8.59. The van der Waals surface area contributed by atoms with Crippen molar-refractivity contribution in [2.45, 2.75) is 32.6 Å². The maximum atomic E-state index is 12.4. The Morgan fingerprint density at radius 3 is 2.22 bits per heavy atom. The molecule has 0 radical (unpaired) electrons. The lowest BCUT2D eigenvalue weighted by atomic mass is 9.81. The summed E-state index contributed by atoms with van der Waals surface area (Å²) in [5.41, 5.74) is 0. The Morgan fingerprint density at radius 2 is 1.67 bits per heavy atom. The Kier molecular flexibility index (Phi) is 4.04. The van der Waals surface area contributed by atoms with Gasteiger partial charge in [0.2, 0.25) is 5.91 Å². The fraction of sp³-hybridized carbons (Fsp3) is 0.714. The van der Waals surface area contributed by atoms with Crippen LogP contribution in [0.5, 0.6) is 0 Å². The molecular weight excluding hydrogens is 230 g/mol. The molecule has 2 atom stereocenters. The van der Waals surface area contributed by atoms with Crippen molar-refractivity contribution < 1.29 is 14.7 Å². The van der Waals surface area contributed by atoms with Gasteiger partial charge >= 0.3 is 0 Å². The topological polar surface area (TPSA) is 60.4 Å². The van der Waals surface area contributed by atoms with Crippen LogP contribution in [-0.2, 0) is 9.59 Å². The average molecular weight is 250 g/mol. The molecule has 0 unspecified atom stereocenters. The Labute approximate surface area is 108 Å². The molecule has 1 aliphatic heterocycles. The van der Waals surface area contributed by atoms with Crippen LogP contribution in [0.3, 0.4) is 0 Å². The first kappa shape index (κ1) is 13.1. The van der Waals surface area contributed by atoms with Crippen LogP contribution in [-0.4, -0.2) is 29.9 Å². The van der Waals surface area contributed by atoms with Gasteiger partial charge in [-0.25, -0.2) is 0 Å². The van der Waals surface area contributed by atoms with Crippen molar-refractivity contribution in [1.29, 1.82) is 0 Å². The Morgan fingerprint density at radius 1 is 1.11 bits per heavy atom. The molecule has 0 aromatic rings. The number of hydrogen-bond donors (Lipinski definition) is 0. The number of piperidine rings is 1. The van der Waals surface area contributed by atoms with Crippen LogP contribution in [0.2, 0.25) is 0 Å². The number of rotatable bonds is 2. The summed E-state index contributed by atoms with van der Waals surface area (Å²) in [6.45, 7) is 3.72. The molecule has 1 aliphatic carbocycles. The van der Waals surface area contributed by atoms with E-state index in [9.17, 15) is 14.7 Å². The number of allylic oxidation sites excluding steroid dienone is 2. The van der Waals surface area contributed by atoms with Crippen molar-refractivity contribution in [3.05, 3.63) is 12.2 Å². The fourth-order valence-corrected chi connectivity index (χ4v) is 2.81. The van der Waals surface area contributed by atoms with Crippen molar-refractivity contribution in [1.82, 2.24) is 4.90 Å². The predicted octanol–water partition coefficient (Wildman–Crippen LogP) is 0.577. The Bertz CT molecular complexity index is 356. The number of carboxylic acids is 1. The summed E-state index contributed by atoms with van der Waals surface area (Å²) in [5.74, 6) is -1.50. The van der Waals surface area contributed by atoms with Crippen molar-refractivity contribution in [3.63, 3.8) is 0 Å². The van der Waals surface area contributed by atoms with E-state index in [1.54, 1.807) is 0 Å². The van der Waals surface area contributed by atoms with Crippen LogP contribution in [0, 0.1) is 17.8 Å². The van der Waals surface area contributed by atoms with Gasteiger partial charge in [0, 0.05) is 30.9 Å². The zero-order valence-corrected chi connectivity index (χ0v) is 10.8. The van der Waals surface area contributed by atoms with Crippen molar-refractivity contribution >= 4 is 11.9 Å². The maximum absolute atomic E-state index is 12.4. The number of carbonyl (C=O) groups is 2. The molecule has 0 bridgehead atoms. The smallest absolute Gasteiger partial charge is 0.226 e. The molecule has 1 heterocycles. The third kappa shape index (κ3) is 2.74. The molecule has 0 N–H and O–H groups in total. The van der Waals surface area contributed by atoms with Crippen LogP contribution in [0.4, 0.5) is 0 Å². The highest BCUT2D eigenvalue weighted by Gasteiger charge is 2.33. The van der Waals surface area contributed by atoms with E-state index < -0.39 is 17.8 Å². The molecule has 4 heteroatoms. The van der Waals surface area contributed by atoms with E-state index in [0.29, 0.717) is 18.8 Å². The zero-order chi connectivity index (χ0) is 13.1. The quantitative estimate of drug-likeness (QED) is 0.673. The van der Waals surface area contributed by atoms with Gasteiger partial charge in [-0.2, -0.15) is 0 Å². The number of aliphatic carboxylic acids is 1. The third-order valence-electron chi connectivity index (χ3n) is 4.15. The second-order valence-electron chi connectivity index (χ2n) is 5.48. The van der Waals surface area contributed by atoms with Crippen LogP contribution in [0.25, 0.3) is 0 Å². The Hall–Kier alpha value is -1.32. The van der Waals surface area contributed by atoms with E-state index >= 15 is 0 Å². The summed E-state index contributed by atoms with van der Waals surface area (Å²) in [6.07, 6.45) is 6.73. The molecule has 1 saturated heterocycles. The number of likely N-dealkylation sites (tertiary alicyclic amines) is 1. The summed E-state index contributed by atoms with van der Waals surface area (Å²) in [6, 6.07) is 0. The first-order valence-corrected chi connectivity index (χ1v) is 6.74. The summed E-state index contributed by atoms with van der Waals surface area (Å²) < 4.78 is 0. The van der Waals surface area contributed by atoms with Gasteiger partial charge in [-0.15, -0.1) is 0 Å². The van der Waals surface area contributed by atoms with Gasteiger partial charge in [0.25, 0.3) is 0 Å². The largest absolute Gasteiger partial charge is 0.550 e. The minimum absolute atomic E-state index is 0.000417. The monoisotopic (exact) mass is 250 g/mol. The normalized spacial score (nSPS) is 29.3. The molecule has 0 aromatic carbocycles. The minimum Gasteiger partial charge on any atom is -0.550 e. The van der Waals surface area contributed by atoms with Crippen molar-refractivity contribution in [3.8, 4) is 0 Å². The molecule has 2 rings (SSSR count). The van der Waals surface area contributed by atoms with Crippen molar-refractivity contribution in [2.75, 3.05) is 13.1 Å². The summed E-state index contributed by atoms with van der Waals surface area (Å²) in [4.78, 5) is 25.3. The number of amides is 1. The van der Waals surface area contributed by atoms with Gasteiger partial charge in [-0.1, -0.05) is 19.1 Å². The van der Waals surface area contributed by atoms with Gasteiger partial charge < -0.3 is 14.8 Å². The molecule has 100 valence electrons. The number of nitrogens with zero attached hydrogens (tertiary/aromatic N) is 1. The summed E-state index contributed by atoms with van der Waals surface area (Å²) in [5, 5.41) is 11.1. The Balaban J connectivity index is 2.03. The van der Waals surface area contributed by atoms with E-state index in [-0.39, 0.29) is 5.91 Å². The van der Waals surface area contributed by atoms with E-state index in [2.05, 4.69) is 6.92 Å². The zero-order valence-electron chi connectivity index (χ0n) is 10.8. The number of carboxylic acid groups (broad SMARTS) is 1. The molecule has 4 nitrogen and oxygen atoms in total. The molecule has 2 aliphatic rings. The standard InChI is InChI=1S/C14H21NO3/c1-10-6-8-15(9-7-10)13(16)11-4-2-3-5-12(11)14(17)18/h2-3,10-12H,4-9H2,1H3,(H,17,18)/p-1/t11-,12-/m0/s1. The molecule has 0 spiro atoms. The van der Waals surface area contributed by atoms with Gasteiger partial charge in [0.1, 0.15) is 0 Å². The predicted molar refractivity (Wildman–Crippen MR) is 65.3 cm³/mol. The lowest BCUT2D eigenvalue weighted by Gasteiger charge is -2.36. The van der Waals surface area contributed by atoms with Crippen LogP contribution >= 0.6 is 0 Å². The van der Waals surface area contributed by atoms with Gasteiger partial charge in [0.15, 0.2) is 0 Å². The van der Waals surface area contributed by atoms with Crippen molar-refractivity contribution in [2.24, 2.45) is 17.8 Å². The minimum atomic E-state index is -1.09. The molecule has 1 fully saturated rings. The molecular formula is C14H20NO3-. The summed E-state index contributed by atoms with van der Waals surface area (Å²) in [7, 11) is 0. The van der Waals surface area contributed by atoms with E-state index in [1.807, 2.05) is 17.1 Å². The molecule has 1 amide bonds. The van der Waals surface area contributed by atoms with Crippen LogP contribution in [0.1, 0.15) is 32.6 Å². The van der Waals surface area contributed by atoms with Gasteiger partial charge in [-0.05, 0) is 31.6 Å². The second-order valence-corrected chi connectivity index (χ2v) is 5.48. The molecule has 0 saturated carbocycles. The number of carbonyl (C=O) groups excluding carboxylic acids is 2. The van der Waals surface area contributed by atoms with Gasteiger partial charge in [0.05, 0.1) is 0 Å². The van der Waals surface area contributed by atoms with E-state index in [1.165, 1.54) is 0 Å². The molecule has 0 aromatic heterocycles. The number of hydrogen-bond acceptors (Lipinski definition) is 3. The fourth-order valence-electron chi connectivity index (χ4n) is 2.81. The van der Waals surface area contributed by atoms with Crippen LogP contribution < -0.4 is 5.11 Å². The lowest BCUT2D eigenvalue weighted by Crippen LogP contribution is -2.47. The third-order valence-corrected chi connectivity index (χ3v) is 4.15. The van der Waals surface area contributed by atoms with Gasteiger partial charge in [-0.3, -0.25) is 4.79 Å². The summed E-state index contributed by atoms with van der Waals surface area (Å²) >= 11 is 0. The highest BCUT2D eigenvalue weighted by Crippen LogP contribution is 2.28. The first-order valence-electron chi connectivity index (χ1n) is 6.74. The average Bonchev–Trinajstić information content (AvgIpc) is 2.39. The van der Waals surface area contributed by atoms with Crippen LogP contribution in [0.15, 0.2) is 12.2 Å². The second kappa shape index (κ2) is 5.55. The van der Waals surface area contributed by atoms with E-state index in [4.69, 9.17) is 0 Å². The lowest BCUT2D eigenvalue weighted by molar-refractivity contribution is -0.313. The van der Waals surface area contributed by atoms with E-state index in [0.717, 1.165) is 25.9 Å². The highest BCUT2D eigenvalue weighted by molar-refractivity contribution is 5.84. The SMILES string of the molecule is CC1CCN(C(=O)[C@H]2CC=CC[C@@H]2C(=O)[O-])CC1. The highest BCUT2D eigenvalue weighted by atomic mass is 16.4. The maximum Gasteiger partial charge on any atom is 0.226 e.